The Labute approximate surface area is 208 Å². The van der Waals surface area contributed by atoms with E-state index in [1.165, 1.54) is 12.1 Å². The summed E-state index contributed by atoms with van der Waals surface area (Å²) in [6, 6.07) is 15.5. The van der Waals surface area contributed by atoms with Gasteiger partial charge in [0.1, 0.15) is 23.9 Å². The number of fused-ring (bicyclic) bond motifs is 1. The van der Waals surface area contributed by atoms with E-state index < -0.39 is 10.0 Å². The van der Waals surface area contributed by atoms with Crippen LogP contribution in [0.25, 0.3) is 0 Å². The second-order valence-electron chi connectivity index (χ2n) is 8.38. The fraction of sp³-hybridized carbons (Fsp3) is 0.292. The number of benzene rings is 2. The highest BCUT2D eigenvalue weighted by atomic mass is 32.2. The quantitative estimate of drug-likeness (QED) is 0.464. The summed E-state index contributed by atoms with van der Waals surface area (Å²) in [5, 5.41) is 8.44. The summed E-state index contributed by atoms with van der Waals surface area (Å²) in [5.41, 5.74) is 1.62. The molecule has 0 unspecified atom stereocenters. The Bertz CT molecular complexity index is 1350. The summed E-state index contributed by atoms with van der Waals surface area (Å²) in [5.74, 6) is 1.48. The standard InChI is InChI=1S/C24H26N6O5S/c25-36(32,33)19-8-6-17(7-9-19)26-22-20-16-30(12-15-35-18-4-2-1-3-5-18)23(31)21(20)27-24(28-22)29-10-13-34-14-11-29/h1-9H,10-16H2,(H2,25,32,33)(H,26,27,28). The first-order valence-corrected chi connectivity index (χ1v) is 13.0. The molecule has 3 heterocycles. The van der Waals surface area contributed by atoms with Gasteiger partial charge in [-0.3, -0.25) is 4.79 Å². The second-order valence-corrected chi connectivity index (χ2v) is 9.94. The minimum absolute atomic E-state index is 0.00902. The van der Waals surface area contributed by atoms with Crippen molar-refractivity contribution >= 4 is 33.4 Å². The number of nitrogens with one attached hydrogen (secondary N) is 1. The van der Waals surface area contributed by atoms with Crippen LogP contribution >= 0.6 is 0 Å². The number of hydrogen-bond acceptors (Lipinski definition) is 9. The van der Waals surface area contributed by atoms with Crippen molar-refractivity contribution in [2.45, 2.75) is 11.4 Å². The van der Waals surface area contributed by atoms with E-state index in [-0.39, 0.29) is 10.8 Å². The van der Waals surface area contributed by atoms with Crippen molar-refractivity contribution in [3.63, 3.8) is 0 Å². The van der Waals surface area contributed by atoms with Crippen molar-refractivity contribution in [1.29, 1.82) is 0 Å². The van der Waals surface area contributed by atoms with Gasteiger partial charge >= 0.3 is 0 Å². The number of rotatable bonds is 8. The van der Waals surface area contributed by atoms with Crippen LogP contribution in [0.5, 0.6) is 5.75 Å². The molecule has 1 amide bonds. The molecule has 0 spiro atoms. The van der Waals surface area contributed by atoms with Crippen LogP contribution in [0.15, 0.2) is 59.5 Å². The van der Waals surface area contributed by atoms with Crippen molar-refractivity contribution in [3.8, 4) is 5.75 Å². The predicted octanol–water partition coefficient (Wildman–Crippen LogP) is 1.74. The second kappa shape index (κ2) is 10.1. The number of sulfonamides is 1. The third kappa shape index (κ3) is 5.25. The largest absolute Gasteiger partial charge is 0.492 e. The molecule has 3 N–H and O–H groups in total. The third-order valence-electron chi connectivity index (χ3n) is 5.95. The molecule has 0 aliphatic carbocycles. The Balaban J connectivity index is 1.39. The van der Waals surface area contributed by atoms with E-state index in [0.717, 1.165) is 5.75 Å². The molecule has 1 saturated heterocycles. The Morgan fingerprint density at radius 3 is 2.44 bits per heavy atom. The molecule has 1 fully saturated rings. The number of morpholine rings is 1. The van der Waals surface area contributed by atoms with Crippen molar-refractivity contribution in [3.05, 3.63) is 65.9 Å². The van der Waals surface area contributed by atoms with Crippen molar-refractivity contribution in [2.24, 2.45) is 5.14 Å². The fourth-order valence-electron chi connectivity index (χ4n) is 4.06. The number of amides is 1. The van der Waals surface area contributed by atoms with E-state index in [4.69, 9.17) is 19.6 Å². The minimum atomic E-state index is -3.80. The Hall–Kier alpha value is -3.74. The van der Waals surface area contributed by atoms with Crippen LogP contribution in [0, 0.1) is 0 Å². The molecule has 2 aliphatic rings. The number of nitrogens with zero attached hydrogens (tertiary/aromatic N) is 4. The highest BCUT2D eigenvalue weighted by Gasteiger charge is 2.33. The van der Waals surface area contributed by atoms with E-state index in [1.807, 2.05) is 35.2 Å². The monoisotopic (exact) mass is 510 g/mol. The van der Waals surface area contributed by atoms with Gasteiger partial charge in [0.05, 0.1) is 31.2 Å². The maximum Gasteiger partial charge on any atom is 0.273 e. The van der Waals surface area contributed by atoms with Gasteiger partial charge in [-0.1, -0.05) is 18.2 Å². The molecule has 36 heavy (non-hydrogen) atoms. The summed E-state index contributed by atoms with van der Waals surface area (Å²) in [7, 11) is -3.80. The van der Waals surface area contributed by atoms with Gasteiger partial charge in [0.2, 0.25) is 16.0 Å². The van der Waals surface area contributed by atoms with Gasteiger partial charge in [-0.2, -0.15) is 4.98 Å². The van der Waals surface area contributed by atoms with Gasteiger partial charge in [-0.15, -0.1) is 0 Å². The van der Waals surface area contributed by atoms with Gasteiger partial charge in [-0.05, 0) is 36.4 Å². The number of carbonyl (C=O) groups is 1. The number of para-hydroxylation sites is 1. The number of hydrogen-bond donors (Lipinski definition) is 2. The molecule has 0 radical (unpaired) electrons. The molecule has 2 aromatic carbocycles. The average Bonchev–Trinajstić information content (AvgIpc) is 3.20. The van der Waals surface area contributed by atoms with Crippen LogP contribution in [0.1, 0.15) is 16.1 Å². The molecule has 0 atom stereocenters. The first kappa shape index (κ1) is 24.0. The zero-order valence-corrected chi connectivity index (χ0v) is 20.3. The van der Waals surface area contributed by atoms with E-state index in [0.29, 0.717) is 74.7 Å². The summed E-state index contributed by atoms with van der Waals surface area (Å²) < 4.78 is 34.4. The smallest absolute Gasteiger partial charge is 0.273 e. The Morgan fingerprint density at radius 2 is 1.75 bits per heavy atom. The molecule has 5 rings (SSSR count). The first-order chi connectivity index (χ1) is 17.4. The van der Waals surface area contributed by atoms with Crippen LogP contribution < -0.4 is 20.1 Å². The minimum Gasteiger partial charge on any atom is -0.492 e. The highest BCUT2D eigenvalue weighted by Crippen LogP contribution is 2.31. The Kier molecular flexibility index (Phi) is 6.72. The lowest BCUT2D eigenvalue weighted by molar-refractivity contribution is 0.0749. The van der Waals surface area contributed by atoms with Crippen LogP contribution in [0.4, 0.5) is 17.5 Å². The summed E-state index contributed by atoms with van der Waals surface area (Å²) in [6.07, 6.45) is 0. The van der Waals surface area contributed by atoms with Crippen molar-refractivity contribution in [1.82, 2.24) is 14.9 Å². The molecule has 1 aromatic heterocycles. The van der Waals surface area contributed by atoms with Gasteiger partial charge < -0.3 is 24.6 Å². The summed E-state index contributed by atoms with van der Waals surface area (Å²) >= 11 is 0. The molecule has 12 heteroatoms. The van der Waals surface area contributed by atoms with E-state index >= 15 is 0 Å². The molecule has 11 nitrogen and oxygen atoms in total. The van der Waals surface area contributed by atoms with Crippen LogP contribution in [-0.2, 0) is 21.3 Å². The molecule has 188 valence electrons. The first-order valence-electron chi connectivity index (χ1n) is 11.5. The van der Waals surface area contributed by atoms with Gasteiger partial charge in [0, 0.05) is 24.3 Å². The van der Waals surface area contributed by atoms with Gasteiger partial charge in [0.25, 0.3) is 5.91 Å². The molecule has 0 bridgehead atoms. The zero-order valence-electron chi connectivity index (χ0n) is 19.5. The number of ether oxygens (including phenoxy) is 2. The molecule has 0 saturated carbocycles. The normalized spacial score (nSPS) is 15.6. The van der Waals surface area contributed by atoms with Crippen LogP contribution in [-0.4, -0.2) is 68.6 Å². The van der Waals surface area contributed by atoms with Crippen molar-refractivity contribution in [2.75, 3.05) is 49.7 Å². The Morgan fingerprint density at radius 1 is 1.03 bits per heavy atom. The van der Waals surface area contributed by atoms with Crippen molar-refractivity contribution < 1.29 is 22.7 Å². The summed E-state index contributed by atoms with van der Waals surface area (Å²) in [4.78, 5) is 26.3. The number of nitrogens with two attached hydrogens (primary N) is 1. The summed E-state index contributed by atoms with van der Waals surface area (Å²) in [6.45, 7) is 3.39. The molecular weight excluding hydrogens is 484 g/mol. The highest BCUT2D eigenvalue weighted by molar-refractivity contribution is 7.89. The van der Waals surface area contributed by atoms with Crippen LogP contribution in [0.3, 0.4) is 0 Å². The lowest BCUT2D eigenvalue weighted by Crippen LogP contribution is -2.37. The van der Waals surface area contributed by atoms with E-state index in [9.17, 15) is 13.2 Å². The predicted molar refractivity (Wildman–Crippen MR) is 133 cm³/mol. The van der Waals surface area contributed by atoms with Gasteiger partial charge in [0.15, 0.2) is 0 Å². The lowest BCUT2D eigenvalue weighted by Gasteiger charge is -2.27. The fourth-order valence-corrected chi connectivity index (χ4v) is 4.57. The molecular formula is C24H26N6O5S. The number of carbonyl (C=O) groups excluding carboxylic acids is 1. The van der Waals surface area contributed by atoms with Crippen LogP contribution in [0.2, 0.25) is 0 Å². The molecule has 3 aromatic rings. The SMILES string of the molecule is NS(=O)(=O)c1ccc(Nc2nc(N3CCOCC3)nc3c2CN(CCOc2ccccc2)C3=O)cc1. The zero-order chi connectivity index (χ0) is 25.1. The molecule has 2 aliphatic heterocycles. The number of aromatic nitrogens is 2. The maximum atomic E-state index is 13.3. The third-order valence-corrected chi connectivity index (χ3v) is 6.88. The number of anilines is 3. The lowest BCUT2D eigenvalue weighted by atomic mass is 10.2. The van der Waals surface area contributed by atoms with E-state index in [2.05, 4.69) is 10.3 Å². The topological polar surface area (TPSA) is 140 Å². The van der Waals surface area contributed by atoms with E-state index in [1.54, 1.807) is 17.0 Å². The number of primary sulfonamides is 1. The van der Waals surface area contributed by atoms with Gasteiger partial charge in [-0.25, -0.2) is 18.5 Å². The average molecular weight is 511 g/mol. The maximum absolute atomic E-state index is 13.3.